The molecule has 0 amide bonds. The summed E-state index contributed by atoms with van der Waals surface area (Å²) in [6.07, 6.45) is -4.50. The molecule has 0 radical (unpaired) electrons. The van der Waals surface area contributed by atoms with E-state index in [2.05, 4.69) is 10.2 Å². The number of halogens is 4. The first-order valence-corrected chi connectivity index (χ1v) is 5.33. The van der Waals surface area contributed by atoms with E-state index in [9.17, 15) is 13.2 Å². The molecule has 16 heavy (non-hydrogen) atoms. The number of rotatable bonds is 2. The number of hydrogen-bond acceptors (Lipinski definition) is 3. The van der Waals surface area contributed by atoms with Crippen LogP contribution in [0.4, 0.5) is 13.2 Å². The minimum absolute atomic E-state index is 0.0138. The van der Waals surface area contributed by atoms with Crippen LogP contribution in [-0.4, -0.2) is 13.3 Å². The molecule has 0 fully saturated rings. The molecule has 1 heterocycles. The summed E-state index contributed by atoms with van der Waals surface area (Å²) in [5.74, 6) is 0.358. The van der Waals surface area contributed by atoms with Crippen molar-refractivity contribution in [3.63, 3.8) is 0 Å². The fourth-order valence-electron chi connectivity index (χ4n) is 1.32. The van der Waals surface area contributed by atoms with Gasteiger partial charge in [-0.05, 0) is 40.8 Å². The second kappa shape index (κ2) is 3.57. The van der Waals surface area contributed by atoms with E-state index in [1.807, 2.05) is 22.6 Å². The summed E-state index contributed by atoms with van der Waals surface area (Å²) in [5.41, 5.74) is -2.36. The van der Waals surface area contributed by atoms with Crippen LogP contribution >= 0.6 is 22.6 Å². The van der Waals surface area contributed by atoms with Crippen molar-refractivity contribution in [3.05, 3.63) is 27.3 Å². The number of benzene rings is 1. The zero-order valence-corrected chi connectivity index (χ0v) is 10.2. The summed E-state index contributed by atoms with van der Waals surface area (Å²) in [6.45, 7) is 0. The topological polar surface area (TPSA) is 34.0 Å². The van der Waals surface area contributed by atoms with Gasteiger partial charge in [0.1, 0.15) is 5.75 Å². The maximum Gasteiger partial charge on any atom is 0.442 e. The van der Waals surface area contributed by atoms with Crippen LogP contribution in [0.1, 0.15) is 5.56 Å². The lowest BCUT2D eigenvalue weighted by Crippen LogP contribution is -2.30. The largest absolute Gasteiger partial charge is 0.497 e. The quantitative estimate of drug-likeness (QED) is 0.758. The van der Waals surface area contributed by atoms with Crippen LogP contribution < -0.4 is 4.74 Å². The normalized spacial score (nSPS) is 17.3. The molecular formula is C9H6F3IN2O. The monoisotopic (exact) mass is 342 g/mol. The van der Waals surface area contributed by atoms with E-state index in [1.54, 1.807) is 12.1 Å². The Morgan fingerprint density at radius 2 is 1.94 bits per heavy atom. The maximum atomic E-state index is 12.8. The first-order chi connectivity index (χ1) is 7.40. The van der Waals surface area contributed by atoms with Gasteiger partial charge in [0.2, 0.25) is 0 Å². The molecule has 0 atom stereocenters. The highest BCUT2D eigenvalue weighted by Gasteiger charge is 2.65. The zero-order valence-electron chi connectivity index (χ0n) is 8.05. The molecule has 0 N–H and O–H groups in total. The van der Waals surface area contributed by atoms with Crippen LogP contribution in [0.5, 0.6) is 5.75 Å². The average Bonchev–Trinajstić information content (AvgIpc) is 2.98. The van der Waals surface area contributed by atoms with Gasteiger partial charge < -0.3 is 4.74 Å². The van der Waals surface area contributed by atoms with E-state index < -0.39 is 11.8 Å². The Bertz CT molecular complexity index is 453. The SMILES string of the molecule is COc1ccc(I)c(C2(C(F)(F)F)N=N2)c1. The Morgan fingerprint density at radius 1 is 1.31 bits per heavy atom. The van der Waals surface area contributed by atoms with E-state index in [-0.39, 0.29) is 5.56 Å². The van der Waals surface area contributed by atoms with Crippen molar-refractivity contribution in [1.82, 2.24) is 0 Å². The lowest BCUT2D eigenvalue weighted by Gasteiger charge is -2.16. The van der Waals surface area contributed by atoms with Gasteiger partial charge in [-0.1, -0.05) is 0 Å². The molecule has 2 rings (SSSR count). The lowest BCUT2D eigenvalue weighted by atomic mass is 10.0. The fourth-order valence-corrected chi connectivity index (χ4v) is 2.03. The fraction of sp³-hybridized carbons (Fsp3) is 0.333. The Kier molecular flexibility index (Phi) is 2.59. The molecule has 0 aliphatic carbocycles. The number of ether oxygens (including phenoxy) is 1. The molecule has 86 valence electrons. The Hall–Kier alpha value is -0.860. The van der Waals surface area contributed by atoms with Gasteiger partial charge in [-0.2, -0.15) is 13.2 Å². The standard InChI is InChI=1S/C9H6F3IN2O/c1-16-5-2-3-7(13)6(4-5)8(14-15-8)9(10,11)12/h2-4H,1H3. The minimum Gasteiger partial charge on any atom is -0.497 e. The highest BCUT2D eigenvalue weighted by molar-refractivity contribution is 14.1. The Labute approximate surface area is 103 Å². The van der Waals surface area contributed by atoms with Gasteiger partial charge in [0.25, 0.3) is 0 Å². The molecule has 0 aromatic heterocycles. The molecule has 1 aliphatic rings. The van der Waals surface area contributed by atoms with E-state index in [0.29, 0.717) is 9.32 Å². The number of nitrogens with zero attached hydrogens (tertiary/aromatic N) is 2. The summed E-state index contributed by atoms with van der Waals surface area (Å²) >= 11 is 1.82. The molecule has 3 nitrogen and oxygen atoms in total. The van der Waals surface area contributed by atoms with Crippen molar-refractivity contribution in [2.45, 2.75) is 11.8 Å². The predicted octanol–water partition coefficient (Wildman–Crippen LogP) is 3.48. The minimum atomic E-state index is -4.50. The van der Waals surface area contributed by atoms with Crippen LogP contribution in [0.2, 0.25) is 0 Å². The average molecular weight is 342 g/mol. The molecule has 7 heteroatoms. The van der Waals surface area contributed by atoms with Crippen LogP contribution in [0.3, 0.4) is 0 Å². The summed E-state index contributed by atoms with van der Waals surface area (Å²) in [7, 11) is 1.40. The Balaban J connectivity index is 2.48. The van der Waals surface area contributed by atoms with E-state index in [1.165, 1.54) is 13.2 Å². The van der Waals surface area contributed by atoms with Gasteiger partial charge in [-0.3, -0.25) is 0 Å². The molecular weight excluding hydrogens is 336 g/mol. The maximum absolute atomic E-state index is 12.8. The summed E-state index contributed by atoms with van der Waals surface area (Å²) in [6, 6.07) is 4.46. The molecule has 0 saturated carbocycles. The molecule has 0 bridgehead atoms. The van der Waals surface area contributed by atoms with Gasteiger partial charge in [0.05, 0.1) is 7.11 Å². The highest BCUT2D eigenvalue weighted by atomic mass is 127. The van der Waals surface area contributed by atoms with Crippen molar-refractivity contribution in [3.8, 4) is 5.75 Å². The predicted molar refractivity (Wildman–Crippen MR) is 58.3 cm³/mol. The third-order valence-electron chi connectivity index (χ3n) is 2.24. The molecule has 1 aromatic carbocycles. The highest BCUT2D eigenvalue weighted by Crippen LogP contribution is 2.53. The second-order valence-electron chi connectivity index (χ2n) is 3.22. The molecule has 0 spiro atoms. The zero-order chi connectivity index (χ0) is 12.0. The number of alkyl halides is 3. The van der Waals surface area contributed by atoms with Gasteiger partial charge in [-0.25, -0.2) is 0 Å². The number of methoxy groups -OCH3 is 1. The Morgan fingerprint density at radius 3 is 2.38 bits per heavy atom. The van der Waals surface area contributed by atoms with Crippen LogP contribution in [0, 0.1) is 3.57 Å². The van der Waals surface area contributed by atoms with E-state index >= 15 is 0 Å². The van der Waals surface area contributed by atoms with Crippen molar-refractivity contribution < 1.29 is 17.9 Å². The van der Waals surface area contributed by atoms with Gasteiger partial charge in [0, 0.05) is 9.13 Å². The van der Waals surface area contributed by atoms with Crippen LogP contribution in [0.25, 0.3) is 0 Å². The summed E-state index contributed by atoms with van der Waals surface area (Å²) < 4.78 is 43.6. The molecule has 0 saturated heterocycles. The molecule has 0 unspecified atom stereocenters. The second-order valence-corrected chi connectivity index (χ2v) is 4.38. The lowest BCUT2D eigenvalue weighted by molar-refractivity contribution is -0.166. The third kappa shape index (κ3) is 1.66. The molecule has 1 aromatic rings. The first-order valence-electron chi connectivity index (χ1n) is 4.25. The van der Waals surface area contributed by atoms with Gasteiger partial charge in [0.15, 0.2) is 0 Å². The smallest absolute Gasteiger partial charge is 0.442 e. The van der Waals surface area contributed by atoms with Crippen molar-refractivity contribution in [2.24, 2.45) is 10.2 Å². The van der Waals surface area contributed by atoms with Gasteiger partial charge in [-0.15, -0.1) is 10.2 Å². The number of hydrogen-bond donors (Lipinski definition) is 0. The summed E-state index contributed by atoms with van der Waals surface area (Å²) in [5, 5.41) is 6.30. The van der Waals surface area contributed by atoms with E-state index in [0.717, 1.165) is 0 Å². The van der Waals surface area contributed by atoms with Crippen molar-refractivity contribution in [1.29, 1.82) is 0 Å². The third-order valence-corrected chi connectivity index (χ3v) is 3.19. The first kappa shape index (κ1) is 11.6. The van der Waals surface area contributed by atoms with Gasteiger partial charge >= 0.3 is 11.8 Å². The van der Waals surface area contributed by atoms with Crippen LogP contribution in [0.15, 0.2) is 28.4 Å². The van der Waals surface area contributed by atoms with Crippen molar-refractivity contribution >= 4 is 22.6 Å². The summed E-state index contributed by atoms with van der Waals surface area (Å²) in [4.78, 5) is 0. The van der Waals surface area contributed by atoms with Crippen LogP contribution in [-0.2, 0) is 5.66 Å². The van der Waals surface area contributed by atoms with Crippen molar-refractivity contribution in [2.75, 3.05) is 7.11 Å². The molecule has 1 aliphatic heterocycles. The van der Waals surface area contributed by atoms with E-state index in [4.69, 9.17) is 4.74 Å².